The van der Waals surface area contributed by atoms with Crippen molar-refractivity contribution in [3.63, 3.8) is 0 Å². The molecule has 0 spiro atoms. The molecule has 0 heterocycles. The van der Waals surface area contributed by atoms with E-state index < -0.39 is 0 Å². The van der Waals surface area contributed by atoms with Gasteiger partial charge in [0, 0.05) is 14.4 Å². The molecule has 0 N–H and O–H groups in total. The van der Waals surface area contributed by atoms with Gasteiger partial charge in [-0.3, -0.25) is 0 Å². The summed E-state index contributed by atoms with van der Waals surface area (Å²) in [5.41, 5.74) is 5.33. The van der Waals surface area contributed by atoms with Crippen LogP contribution < -0.4 is 0 Å². The molecule has 0 aromatic heterocycles. The average Bonchev–Trinajstić information content (AvgIpc) is 2.70. The lowest BCUT2D eigenvalue weighted by Gasteiger charge is -2.30. The van der Waals surface area contributed by atoms with Crippen LogP contribution in [-0.2, 0) is 5.41 Å². The first-order chi connectivity index (χ1) is 10.1. The number of halogens is 2. The van der Waals surface area contributed by atoms with Crippen LogP contribution in [0.5, 0.6) is 0 Å². The molecule has 1 aliphatic carbocycles. The molecular formula is C19H16Br2. The summed E-state index contributed by atoms with van der Waals surface area (Å²) < 4.78 is 2.22. The zero-order valence-electron chi connectivity index (χ0n) is 11.7. The van der Waals surface area contributed by atoms with Crippen molar-refractivity contribution < 1.29 is 0 Å². The highest BCUT2D eigenvalue weighted by Gasteiger charge is 2.41. The fraction of sp³-hybridized carbons (Fsp3) is 0.158. The van der Waals surface area contributed by atoms with Gasteiger partial charge in [0.25, 0.3) is 0 Å². The first-order valence-corrected chi connectivity index (χ1v) is 8.53. The van der Waals surface area contributed by atoms with Gasteiger partial charge in [-0.25, -0.2) is 0 Å². The second-order valence-corrected chi connectivity index (χ2v) is 7.28. The second kappa shape index (κ2) is 5.58. The highest BCUT2D eigenvalue weighted by atomic mass is 79.9. The lowest BCUT2D eigenvalue weighted by molar-refractivity contribution is 0.543. The highest BCUT2D eigenvalue weighted by molar-refractivity contribution is 9.10. The van der Waals surface area contributed by atoms with Crippen molar-refractivity contribution in [1.82, 2.24) is 0 Å². The molecule has 3 rings (SSSR count). The molecule has 0 fully saturated rings. The summed E-state index contributed by atoms with van der Waals surface area (Å²) in [7, 11) is 0. The molecule has 0 saturated heterocycles. The normalized spacial score (nSPS) is 14.4. The minimum atomic E-state index is -0.0322. The van der Waals surface area contributed by atoms with Crippen LogP contribution in [0.3, 0.4) is 0 Å². The van der Waals surface area contributed by atoms with Gasteiger partial charge in [-0.2, -0.15) is 0 Å². The highest BCUT2D eigenvalue weighted by Crippen LogP contribution is 2.54. The van der Waals surface area contributed by atoms with Gasteiger partial charge in [0.1, 0.15) is 0 Å². The number of hydrogen-bond acceptors (Lipinski definition) is 0. The lowest BCUT2D eigenvalue weighted by atomic mass is 9.73. The molecule has 2 heteroatoms. The number of hydrogen-bond donors (Lipinski definition) is 0. The SMILES string of the molecule is C=CCC1(CC=C)c2ccc(Br)cc2-c2cc(Br)ccc21. The summed E-state index contributed by atoms with van der Waals surface area (Å²) in [5.74, 6) is 0. The molecule has 0 amide bonds. The largest absolute Gasteiger partial charge is 0.103 e. The molecule has 0 nitrogen and oxygen atoms in total. The quantitative estimate of drug-likeness (QED) is 0.502. The van der Waals surface area contributed by atoms with E-state index >= 15 is 0 Å². The van der Waals surface area contributed by atoms with Crippen LogP contribution in [0.1, 0.15) is 24.0 Å². The van der Waals surface area contributed by atoms with Crippen LogP contribution >= 0.6 is 31.9 Å². The predicted octanol–water partition coefficient (Wildman–Crippen LogP) is 6.63. The predicted molar refractivity (Wildman–Crippen MR) is 97.7 cm³/mol. The van der Waals surface area contributed by atoms with E-state index in [4.69, 9.17) is 0 Å². The third kappa shape index (κ3) is 2.25. The van der Waals surface area contributed by atoms with Gasteiger partial charge in [0.2, 0.25) is 0 Å². The number of allylic oxidation sites excluding steroid dienone is 2. The van der Waals surface area contributed by atoms with Crippen molar-refractivity contribution in [3.8, 4) is 11.1 Å². The smallest absolute Gasteiger partial charge is 0.0283 e. The standard InChI is InChI=1S/C19H16Br2/c1-3-9-19(10-4-2)17-7-5-13(20)11-15(17)16-12-14(21)6-8-18(16)19/h3-8,11-12H,1-2,9-10H2. The molecule has 0 saturated carbocycles. The Morgan fingerprint density at radius 2 is 1.24 bits per heavy atom. The molecule has 0 atom stereocenters. The van der Waals surface area contributed by atoms with Crippen LogP contribution in [0.15, 0.2) is 70.7 Å². The first-order valence-electron chi connectivity index (χ1n) is 6.94. The zero-order valence-corrected chi connectivity index (χ0v) is 14.9. The Hall–Kier alpha value is -1.12. The van der Waals surface area contributed by atoms with Gasteiger partial charge in [-0.15, -0.1) is 13.2 Å². The van der Waals surface area contributed by atoms with Crippen molar-refractivity contribution >= 4 is 31.9 Å². The molecule has 0 bridgehead atoms. The van der Waals surface area contributed by atoms with Crippen molar-refractivity contribution in [3.05, 3.63) is 81.8 Å². The fourth-order valence-electron chi connectivity index (χ4n) is 3.47. The molecule has 1 aliphatic rings. The summed E-state index contributed by atoms with van der Waals surface area (Å²) in [4.78, 5) is 0. The van der Waals surface area contributed by atoms with Crippen molar-refractivity contribution in [2.24, 2.45) is 0 Å². The van der Waals surface area contributed by atoms with Gasteiger partial charge in [0.05, 0.1) is 0 Å². The summed E-state index contributed by atoms with van der Waals surface area (Å²) >= 11 is 7.20. The van der Waals surface area contributed by atoms with Gasteiger partial charge >= 0.3 is 0 Å². The van der Waals surface area contributed by atoms with Crippen molar-refractivity contribution in [2.45, 2.75) is 18.3 Å². The topological polar surface area (TPSA) is 0 Å². The third-order valence-corrected chi connectivity index (χ3v) is 5.26. The number of benzene rings is 2. The number of rotatable bonds is 4. The summed E-state index contributed by atoms with van der Waals surface area (Å²) in [6.45, 7) is 7.96. The third-order valence-electron chi connectivity index (χ3n) is 4.27. The second-order valence-electron chi connectivity index (χ2n) is 5.45. The van der Waals surface area contributed by atoms with Crippen LogP contribution in [0.2, 0.25) is 0 Å². The molecule has 0 radical (unpaired) electrons. The maximum atomic E-state index is 3.98. The van der Waals surface area contributed by atoms with E-state index in [1.54, 1.807) is 0 Å². The van der Waals surface area contributed by atoms with E-state index in [9.17, 15) is 0 Å². The maximum absolute atomic E-state index is 3.98. The summed E-state index contributed by atoms with van der Waals surface area (Å²) in [6.07, 6.45) is 5.88. The molecule has 21 heavy (non-hydrogen) atoms. The van der Waals surface area contributed by atoms with Crippen molar-refractivity contribution in [2.75, 3.05) is 0 Å². The van der Waals surface area contributed by atoms with E-state index in [-0.39, 0.29) is 5.41 Å². The van der Waals surface area contributed by atoms with Crippen LogP contribution in [0.25, 0.3) is 11.1 Å². The Morgan fingerprint density at radius 3 is 1.62 bits per heavy atom. The summed E-state index contributed by atoms with van der Waals surface area (Å²) in [6, 6.07) is 13.2. The Labute approximate surface area is 142 Å². The van der Waals surface area contributed by atoms with E-state index in [1.807, 2.05) is 12.2 Å². The molecule has 106 valence electrons. The zero-order chi connectivity index (χ0) is 15.0. The molecular weight excluding hydrogens is 388 g/mol. The Morgan fingerprint density at radius 1 is 0.810 bits per heavy atom. The molecule has 0 unspecified atom stereocenters. The Kier molecular flexibility index (Phi) is 3.94. The van der Waals surface area contributed by atoms with Crippen LogP contribution in [0, 0.1) is 0 Å². The summed E-state index contributed by atoms with van der Waals surface area (Å²) in [5, 5.41) is 0. The van der Waals surface area contributed by atoms with Crippen LogP contribution in [0.4, 0.5) is 0 Å². The van der Waals surface area contributed by atoms with Crippen molar-refractivity contribution in [1.29, 1.82) is 0 Å². The minimum absolute atomic E-state index is 0.0322. The average molecular weight is 404 g/mol. The van der Waals surface area contributed by atoms with E-state index in [0.29, 0.717) is 0 Å². The molecule has 0 aliphatic heterocycles. The molecule has 2 aromatic rings. The Bertz CT molecular complexity index is 665. The fourth-order valence-corrected chi connectivity index (χ4v) is 4.20. The Balaban J connectivity index is 2.37. The number of fused-ring (bicyclic) bond motifs is 3. The van der Waals surface area contributed by atoms with Crippen LogP contribution in [-0.4, -0.2) is 0 Å². The van der Waals surface area contributed by atoms with Gasteiger partial charge < -0.3 is 0 Å². The van der Waals surface area contributed by atoms with E-state index in [2.05, 4.69) is 81.4 Å². The maximum Gasteiger partial charge on any atom is 0.0283 e. The van der Waals surface area contributed by atoms with Gasteiger partial charge in [-0.05, 0) is 59.4 Å². The van der Waals surface area contributed by atoms with Gasteiger partial charge in [0.15, 0.2) is 0 Å². The van der Waals surface area contributed by atoms with Gasteiger partial charge in [-0.1, -0.05) is 56.1 Å². The minimum Gasteiger partial charge on any atom is -0.103 e. The first kappa shape index (κ1) is 14.8. The monoisotopic (exact) mass is 402 g/mol. The van der Waals surface area contributed by atoms with E-state index in [1.165, 1.54) is 22.3 Å². The van der Waals surface area contributed by atoms with E-state index in [0.717, 1.165) is 21.8 Å². The lowest BCUT2D eigenvalue weighted by Crippen LogP contribution is -2.23. The molecule has 2 aromatic carbocycles.